The Morgan fingerprint density at radius 3 is 2.79 bits per heavy atom. The summed E-state index contributed by atoms with van der Waals surface area (Å²) >= 11 is 5.71. The van der Waals surface area contributed by atoms with Crippen molar-refractivity contribution in [2.45, 2.75) is 31.1 Å². The number of anilines is 1. The van der Waals surface area contributed by atoms with E-state index in [0.29, 0.717) is 12.4 Å². The quantitative estimate of drug-likeness (QED) is 0.880. The van der Waals surface area contributed by atoms with Crippen LogP contribution >= 0.6 is 11.6 Å². The van der Waals surface area contributed by atoms with E-state index in [4.69, 9.17) is 16.3 Å². The van der Waals surface area contributed by atoms with Gasteiger partial charge in [0.25, 0.3) is 10.0 Å². The third kappa shape index (κ3) is 3.21. The Hall–Kier alpha value is -1.79. The molecule has 1 heterocycles. The molecule has 0 unspecified atom stereocenters. The van der Waals surface area contributed by atoms with E-state index in [1.165, 1.54) is 12.1 Å². The molecule has 24 heavy (non-hydrogen) atoms. The summed E-state index contributed by atoms with van der Waals surface area (Å²) in [6, 6.07) is 7.05. The van der Waals surface area contributed by atoms with Gasteiger partial charge in [0.1, 0.15) is 16.5 Å². The third-order valence-corrected chi connectivity index (χ3v) is 5.68. The Morgan fingerprint density at radius 2 is 2.08 bits per heavy atom. The van der Waals surface area contributed by atoms with Crippen molar-refractivity contribution < 1.29 is 17.5 Å². The van der Waals surface area contributed by atoms with Crippen LogP contribution in [0.5, 0.6) is 5.75 Å². The van der Waals surface area contributed by atoms with Crippen LogP contribution in [0.1, 0.15) is 24.5 Å². The van der Waals surface area contributed by atoms with Gasteiger partial charge in [-0.25, -0.2) is 12.8 Å². The van der Waals surface area contributed by atoms with Gasteiger partial charge in [-0.05, 0) is 54.7 Å². The molecule has 0 aromatic heterocycles. The maximum absolute atomic E-state index is 13.2. The van der Waals surface area contributed by atoms with E-state index in [9.17, 15) is 12.8 Å². The average molecular weight is 370 g/mol. The molecule has 1 N–H and O–H groups in total. The smallest absolute Gasteiger partial charge is 0.265 e. The summed E-state index contributed by atoms with van der Waals surface area (Å²) in [7, 11) is -3.87. The monoisotopic (exact) mass is 369 g/mol. The lowest BCUT2D eigenvalue weighted by Crippen LogP contribution is -2.19. The van der Waals surface area contributed by atoms with Crippen molar-refractivity contribution in [3.63, 3.8) is 0 Å². The van der Waals surface area contributed by atoms with Crippen molar-refractivity contribution in [3.05, 3.63) is 52.3 Å². The highest BCUT2D eigenvalue weighted by Gasteiger charge is 2.26. The number of rotatable bonds is 4. The summed E-state index contributed by atoms with van der Waals surface area (Å²) < 4.78 is 46.8. The lowest BCUT2D eigenvalue weighted by Gasteiger charge is -2.23. The van der Waals surface area contributed by atoms with E-state index >= 15 is 0 Å². The maximum atomic E-state index is 13.2. The summed E-state index contributed by atoms with van der Waals surface area (Å²) in [5.74, 6) is -0.186. The van der Waals surface area contributed by atoms with E-state index in [1.807, 2.05) is 13.0 Å². The minimum Gasteiger partial charge on any atom is -0.492 e. The first-order valence-electron chi connectivity index (χ1n) is 7.68. The Kier molecular flexibility index (Phi) is 4.69. The molecule has 0 spiro atoms. The maximum Gasteiger partial charge on any atom is 0.265 e. The molecular formula is C17H17ClFNO3S. The second-order valence-electron chi connectivity index (χ2n) is 5.57. The Bertz CT molecular complexity index is 884. The summed E-state index contributed by atoms with van der Waals surface area (Å²) in [4.78, 5) is 0.0925. The van der Waals surface area contributed by atoms with Crippen LogP contribution in [0.25, 0.3) is 0 Å². The molecule has 0 aliphatic carbocycles. The molecule has 128 valence electrons. The van der Waals surface area contributed by atoms with Crippen molar-refractivity contribution in [1.82, 2.24) is 0 Å². The molecule has 0 saturated heterocycles. The molecule has 0 atom stereocenters. The fourth-order valence-corrected chi connectivity index (χ4v) is 4.22. The zero-order chi connectivity index (χ0) is 17.3. The summed E-state index contributed by atoms with van der Waals surface area (Å²) in [5.41, 5.74) is 2.24. The predicted octanol–water partition coefficient (Wildman–Crippen LogP) is 4.17. The van der Waals surface area contributed by atoms with Gasteiger partial charge in [-0.1, -0.05) is 24.6 Å². The fourth-order valence-electron chi connectivity index (χ4n) is 2.82. The van der Waals surface area contributed by atoms with Crippen LogP contribution in [0.3, 0.4) is 0 Å². The molecular weight excluding hydrogens is 353 g/mol. The first-order valence-corrected chi connectivity index (χ1v) is 9.54. The number of fused-ring (bicyclic) bond motifs is 1. The molecule has 7 heteroatoms. The van der Waals surface area contributed by atoms with Crippen molar-refractivity contribution >= 4 is 27.3 Å². The van der Waals surface area contributed by atoms with Crippen LogP contribution in [0.15, 0.2) is 35.2 Å². The molecule has 0 saturated carbocycles. The van der Waals surface area contributed by atoms with Crippen molar-refractivity contribution in [3.8, 4) is 5.75 Å². The number of nitrogens with one attached hydrogen (secondary N) is 1. The molecule has 3 rings (SSSR count). The summed E-state index contributed by atoms with van der Waals surface area (Å²) in [6.45, 7) is 2.52. The molecule has 1 aliphatic heterocycles. The van der Waals surface area contributed by atoms with Gasteiger partial charge in [0.05, 0.1) is 17.3 Å². The van der Waals surface area contributed by atoms with Gasteiger partial charge >= 0.3 is 0 Å². The third-order valence-electron chi connectivity index (χ3n) is 3.98. The van der Waals surface area contributed by atoms with Gasteiger partial charge in [0, 0.05) is 0 Å². The van der Waals surface area contributed by atoms with Gasteiger partial charge in [-0.2, -0.15) is 0 Å². The highest BCUT2D eigenvalue weighted by molar-refractivity contribution is 7.92. The van der Waals surface area contributed by atoms with Crippen LogP contribution in [-0.4, -0.2) is 15.0 Å². The minimum absolute atomic E-state index is 0.0925. The highest BCUT2D eigenvalue weighted by Crippen LogP contribution is 2.36. The summed E-state index contributed by atoms with van der Waals surface area (Å²) in [6.07, 6.45) is 2.47. The topological polar surface area (TPSA) is 55.4 Å². The highest BCUT2D eigenvalue weighted by atomic mass is 35.5. The normalized spacial score (nSPS) is 14.0. The number of ether oxygens (including phenoxy) is 1. The van der Waals surface area contributed by atoms with E-state index in [-0.39, 0.29) is 15.6 Å². The van der Waals surface area contributed by atoms with Gasteiger partial charge in [0.2, 0.25) is 0 Å². The van der Waals surface area contributed by atoms with E-state index in [1.54, 1.807) is 6.07 Å². The SMILES string of the molecule is CCc1ccc(S(=O)(=O)Nc2ccc(F)c(Cl)c2)c2c1CCCO2. The van der Waals surface area contributed by atoms with Crippen LogP contribution in [0, 0.1) is 5.82 Å². The molecule has 0 fully saturated rings. The van der Waals surface area contributed by atoms with Crippen LogP contribution in [0.2, 0.25) is 5.02 Å². The molecule has 0 bridgehead atoms. The Labute approximate surface area is 145 Å². The van der Waals surface area contributed by atoms with E-state index < -0.39 is 15.8 Å². The molecule has 2 aromatic carbocycles. The molecule has 0 radical (unpaired) electrons. The van der Waals surface area contributed by atoms with Crippen LogP contribution in [0.4, 0.5) is 10.1 Å². The lowest BCUT2D eigenvalue weighted by atomic mass is 9.98. The number of hydrogen-bond donors (Lipinski definition) is 1. The number of hydrogen-bond acceptors (Lipinski definition) is 3. The van der Waals surface area contributed by atoms with Gasteiger partial charge in [-0.3, -0.25) is 4.72 Å². The van der Waals surface area contributed by atoms with Gasteiger partial charge in [-0.15, -0.1) is 0 Å². The minimum atomic E-state index is -3.87. The molecule has 1 aliphatic rings. The van der Waals surface area contributed by atoms with Crippen LogP contribution < -0.4 is 9.46 Å². The van der Waals surface area contributed by atoms with Crippen molar-refractivity contribution in [2.75, 3.05) is 11.3 Å². The largest absolute Gasteiger partial charge is 0.492 e. The fraction of sp³-hybridized carbons (Fsp3) is 0.294. The Morgan fingerprint density at radius 1 is 1.29 bits per heavy atom. The van der Waals surface area contributed by atoms with Crippen molar-refractivity contribution in [2.24, 2.45) is 0 Å². The van der Waals surface area contributed by atoms with Crippen LogP contribution in [-0.2, 0) is 22.9 Å². The zero-order valence-electron chi connectivity index (χ0n) is 13.1. The van der Waals surface area contributed by atoms with E-state index in [2.05, 4.69) is 4.72 Å². The second-order valence-corrected chi connectivity index (χ2v) is 7.63. The first-order chi connectivity index (χ1) is 11.4. The zero-order valence-corrected chi connectivity index (χ0v) is 14.7. The number of sulfonamides is 1. The molecule has 0 amide bonds. The molecule has 4 nitrogen and oxygen atoms in total. The van der Waals surface area contributed by atoms with E-state index in [0.717, 1.165) is 36.5 Å². The summed E-state index contributed by atoms with van der Waals surface area (Å²) in [5, 5.41) is -0.144. The number of benzene rings is 2. The predicted molar refractivity (Wildman–Crippen MR) is 91.9 cm³/mol. The number of halogens is 2. The van der Waals surface area contributed by atoms with Crippen molar-refractivity contribution in [1.29, 1.82) is 0 Å². The van der Waals surface area contributed by atoms with Gasteiger partial charge in [0.15, 0.2) is 0 Å². The molecule has 2 aromatic rings. The second kappa shape index (κ2) is 6.61. The lowest BCUT2D eigenvalue weighted by molar-refractivity contribution is 0.279. The first kappa shape index (κ1) is 17.0. The van der Waals surface area contributed by atoms with Gasteiger partial charge < -0.3 is 4.74 Å². The average Bonchev–Trinajstić information content (AvgIpc) is 2.56. The Balaban J connectivity index is 2.02. The number of aryl methyl sites for hydroxylation is 1. The standard InChI is InChI=1S/C17H17ClFNO3S/c1-2-11-5-8-16(17-13(11)4-3-9-23-17)24(21,22)20-12-6-7-15(19)14(18)10-12/h5-8,10,20H,2-4,9H2,1H3.